The van der Waals surface area contributed by atoms with Gasteiger partial charge in [0.25, 0.3) is 0 Å². The van der Waals surface area contributed by atoms with E-state index in [1.165, 1.54) is 5.57 Å². The van der Waals surface area contributed by atoms with Crippen LogP contribution in [0.2, 0.25) is 0 Å². The molecule has 0 aromatic carbocycles. The predicted molar refractivity (Wildman–Crippen MR) is 50.9 cm³/mol. The molecule has 0 N–H and O–H groups in total. The highest BCUT2D eigenvalue weighted by molar-refractivity contribution is 5.98. The highest BCUT2D eigenvalue weighted by atomic mass is 16.1. The molecule has 1 aliphatic rings. The van der Waals surface area contributed by atoms with E-state index in [2.05, 4.69) is 13.8 Å². The minimum Gasteiger partial charge on any atom is -0.294 e. The van der Waals surface area contributed by atoms with Crippen LogP contribution in [0.3, 0.4) is 0 Å². The second kappa shape index (κ2) is 3.42. The van der Waals surface area contributed by atoms with E-state index in [9.17, 15) is 4.79 Å². The molecule has 1 aliphatic carbocycles. The molecule has 0 saturated heterocycles. The van der Waals surface area contributed by atoms with Crippen LogP contribution in [0.1, 0.15) is 40.5 Å². The first kappa shape index (κ1) is 9.50. The molecule has 0 aromatic heterocycles. The fraction of sp³-hybridized carbons (Fsp3) is 0.727. The fourth-order valence-electron chi connectivity index (χ4n) is 2.29. The summed E-state index contributed by atoms with van der Waals surface area (Å²) in [7, 11) is 0. The summed E-state index contributed by atoms with van der Waals surface area (Å²) in [6.45, 7) is 8.38. The van der Waals surface area contributed by atoms with Crippen molar-refractivity contribution in [1.82, 2.24) is 0 Å². The van der Waals surface area contributed by atoms with Crippen molar-refractivity contribution in [3.8, 4) is 0 Å². The van der Waals surface area contributed by atoms with Gasteiger partial charge in [-0.3, -0.25) is 4.79 Å². The Morgan fingerprint density at radius 3 is 2.42 bits per heavy atom. The first-order valence-electron chi connectivity index (χ1n) is 4.81. The van der Waals surface area contributed by atoms with E-state index in [4.69, 9.17) is 0 Å². The number of hydrogen-bond acceptors (Lipinski definition) is 1. The van der Waals surface area contributed by atoms with Gasteiger partial charge in [-0.25, -0.2) is 0 Å². The molecule has 1 rings (SSSR count). The van der Waals surface area contributed by atoms with Gasteiger partial charge >= 0.3 is 0 Å². The van der Waals surface area contributed by atoms with Crippen LogP contribution in [-0.4, -0.2) is 5.78 Å². The normalized spacial score (nSPS) is 31.2. The van der Waals surface area contributed by atoms with E-state index in [0.29, 0.717) is 11.7 Å². The monoisotopic (exact) mass is 166 g/mol. The molecule has 0 fully saturated rings. The van der Waals surface area contributed by atoms with Gasteiger partial charge in [-0.05, 0) is 31.3 Å². The van der Waals surface area contributed by atoms with Gasteiger partial charge < -0.3 is 0 Å². The van der Waals surface area contributed by atoms with Crippen LogP contribution in [0.5, 0.6) is 0 Å². The van der Waals surface area contributed by atoms with Gasteiger partial charge in [-0.15, -0.1) is 0 Å². The lowest BCUT2D eigenvalue weighted by molar-refractivity contribution is -0.119. The highest BCUT2D eigenvalue weighted by Gasteiger charge is 2.27. The van der Waals surface area contributed by atoms with E-state index >= 15 is 0 Å². The zero-order valence-corrected chi connectivity index (χ0v) is 8.48. The van der Waals surface area contributed by atoms with Crippen LogP contribution in [0.4, 0.5) is 0 Å². The Kier molecular flexibility index (Phi) is 2.71. The highest BCUT2D eigenvalue weighted by Crippen LogP contribution is 2.32. The third-order valence-corrected chi connectivity index (χ3v) is 2.98. The smallest absolute Gasteiger partial charge is 0.161 e. The number of rotatable bonds is 1. The Morgan fingerprint density at radius 1 is 1.33 bits per heavy atom. The van der Waals surface area contributed by atoms with E-state index < -0.39 is 0 Å². The zero-order chi connectivity index (χ0) is 9.30. The number of ketones is 1. The van der Waals surface area contributed by atoms with Gasteiger partial charge in [0.2, 0.25) is 0 Å². The van der Waals surface area contributed by atoms with Crippen LogP contribution < -0.4 is 0 Å². The first-order chi connectivity index (χ1) is 5.57. The first-order valence-corrected chi connectivity index (χ1v) is 4.81. The summed E-state index contributed by atoms with van der Waals surface area (Å²) in [6.07, 6.45) is 2.07. The van der Waals surface area contributed by atoms with Gasteiger partial charge in [0.05, 0.1) is 0 Å². The summed E-state index contributed by atoms with van der Waals surface area (Å²) in [6, 6.07) is 0. The van der Waals surface area contributed by atoms with E-state index in [1.54, 1.807) is 0 Å². The molecule has 0 bridgehead atoms. The second-order valence-electron chi connectivity index (χ2n) is 3.91. The number of Topliss-reactive ketones (excluding diaryl/α,β-unsaturated/α-hetero) is 1. The molecule has 68 valence electrons. The lowest BCUT2D eigenvalue weighted by Gasteiger charge is -2.27. The molecule has 0 saturated carbocycles. The minimum absolute atomic E-state index is 0.246. The van der Waals surface area contributed by atoms with Gasteiger partial charge in [-0.2, -0.15) is 0 Å². The summed E-state index contributed by atoms with van der Waals surface area (Å²) in [4.78, 5) is 11.6. The SMILES string of the molecule is CCC1=C(C)C(=O)C(C)CC1C. The molecule has 0 amide bonds. The van der Waals surface area contributed by atoms with Crippen LogP contribution in [-0.2, 0) is 4.79 Å². The quantitative estimate of drug-likeness (QED) is 0.585. The van der Waals surface area contributed by atoms with Crippen molar-refractivity contribution in [2.75, 3.05) is 0 Å². The average Bonchev–Trinajstić information content (AvgIpc) is 2.01. The van der Waals surface area contributed by atoms with Crippen LogP contribution in [0, 0.1) is 11.8 Å². The maximum atomic E-state index is 11.6. The van der Waals surface area contributed by atoms with Gasteiger partial charge in [0.1, 0.15) is 0 Å². The van der Waals surface area contributed by atoms with Crippen molar-refractivity contribution in [3.63, 3.8) is 0 Å². The maximum Gasteiger partial charge on any atom is 0.161 e. The van der Waals surface area contributed by atoms with E-state index in [0.717, 1.165) is 18.4 Å². The Morgan fingerprint density at radius 2 is 1.92 bits per heavy atom. The molecule has 0 heterocycles. The van der Waals surface area contributed by atoms with Crippen LogP contribution >= 0.6 is 0 Å². The van der Waals surface area contributed by atoms with Crippen molar-refractivity contribution in [2.45, 2.75) is 40.5 Å². The lowest BCUT2D eigenvalue weighted by atomic mass is 9.77. The summed E-state index contributed by atoms with van der Waals surface area (Å²) in [5.41, 5.74) is 2.40. The third-order valence-electron chi connectivity index (χ3n) is 2.98. The fourth-order valence-corrected chi connectivity index (χ4v) is 2.29. The number of carbonyl (C=O) groups is 1. The average molecular weight is 166 g/mol. The minimum atomic E-state index is 0.246. The van der Waals surface area contributed by atoms with Crippen molar-refractivity contribution >= 4 is 5.78 Å². The number of carbonyl (C=O) groups excluding carboxylic acids is 1. The van der Waals surface area contributed by atoms with Gasteiger partial charge in [-0.1, -0.05) is 26.3 Å². The lowest BCUT2D eigenvalue weighted by Crippen LogP contribution is -2.23. The molecule has 0 aromatic rings. The van der Waals surface area contributed by atoms with Gasteiger partial charge in [0, 0.05) is 5.92 Å². The molecule has 1 heteroatoms. The third kappa shape index (κ3) is 1.45. The molecular formula is C11H18O. The Bertz CT molecular complexity index is 225. The summed E-state index contributed by atoms with van der Waals surface area (Å²) < 4.78 is 0. The molecule has 0 spiro atoms. The van der Waals surface area contributed by atoms with Crippen LogP contribution in [0.15, 0.2) is 11.1 Å². The maximum absolute atomic E-state index is 11.6. The Labute approximate surface area is 74.9 Å². The molecule has 0 aliphatic heterocycles. The standard InChI is InChI=1S/C11H18O/c1-5-10-7(2)6-8(3)11(12)9(10)4/h7-8H,5-6H2,1-4H3. The van der Waals surface area contributed by atoms with Crippen molar-refractivity contribution in [1.29, 1.82) is 0 Å². The number of allylic oxidation sites excluding steroid dienone is 2. The Hall–Kier alpha value is -0.590. The molecular weight excluding hydrogens is 148 g/mol. The molecule has 2 atom stereocenters. The van der Waals surface area contributed by atoms with Crippen LogP contribution in [0.25, 0.3) is 0 Å². The summed E-state index contributed by atoms with van der Waals surface area (Å²) in [5, 5.41) is 0. The van der Waals surface area contributed by atoms with Crippen molar-refractivity contribution < 1.29 is 4.79 Å². The van der Waals surface area contributed by atoms with E-state index in [1.807, 2.05) is 13.8 Å². The Balaban J connectivity index is 2.99. The largest absolute Gasteiger partial charge is 0.294 e. The van der Waals surface area contributed by atoms with E-state index in [-0.39, 0.29) is 5.92 Å². The predicted octanol–water partition coefficient (Wildman–Crippen LogP) is 2.96. The molecule has 1 nitrogen and oxygen atoms in total. The summed E-state index contributed by atoms with van der Waals surface area (Å²) in [5.74, 6) is 1.22. The molecule has 12 heavy (non-hydrogen) atoms. The summed E-state index contributed by atoms with van der Waals surface area (Å²) >= 11 is 0. The number of hydrogen-bond donors (Lipinski definition) is 0. The zero-order valence-electron chi connectivity index (χ0n) is 8.48. The molecule has 2 unspecified atom stereocenters. The van der Waals surface area contributed by atoms with Crippen molar-refractivity contribution in [2.24, 2.45) is 11.8 Å². The molecule has 0 radical (unpaired) electrons. The van der Waals surface area contributed by atoms with Crippen molar-refractivity contribution in [3.05, 3.63) is 11.1 Å². The second-order valence-corrected chi connectivity index (χ2v) is 3.91. The van der Waals surface area contributed by atoms with Gasteiger partial charge in [0.15, 0.2) is 5.78 Å². The topological polar surface area (TPSA) is 17.1 Å².